The van der Waals surface area contributed by atoms with Gasteiger partial charge in [0.25, 0.3) is 0 Å². The number of carbonyl (C=O) groups is 1. The number of ketones is 1. The molecule has 0 atom stereocenters. The number of aromatic nitrogens is 2. The maximum absolute atomic E-state index is 12.1. The number of nitrogens with zero attached hydrogens (tertiary/aromatic N) is 3. The van der Waals surface area contributed by atoms with E-state index in [1.54, 1.807) is 6.07 Å². The van der Waals surface area contributed by atoms with Crippen LogP contribution in [0.25, 0.3) is 0 Å². The fraction of sp³-hybridized carbons (Fsp3) is 0.231. The molecule has 0 aliphatic heterocycles. The molecule has 0 N–H and O–H groups in total. The summed E-state index contributed by atoms with van der Waals surface area (Å²) in [5, 5.41) is 14.3. The van der Waals surface area contributed by atoms with Crippen LogP contribution in [0.3, 0.4) is 0 Å². The Labute approximate surface area is 109 Å². The van der Waals surface area contributed by atoms with Crippen LogP contribution in [0.5, 0.6) is 0 Å². The molecule has 1 aromatic carbocycles. The van der Waals surface area contributed by atoms with E-state index < -0.39 is 4.92 Å². The van der Waals surface area contributed by atoms with Crippen molar-refractivity contribution in [3.8, 4) is 0 Å². The van der Waals surface area contributed by atoms with Crippen LogP contribution >= 0.6 is 0 Å². The topological polar surface area (TPSA) is 78.0 Å². The van der Waals surface area contributed by atoms with E-state index in [9.17, 15) is 14.9 Å². The van der Waals surface area contributed by atoms with Crippen LogP contribution in [0.4, 0.5) is 5.69 Å². The molecule has 0 fully saturated rings. The van der Waals surface area contributed by atoms with Gasteiger partial charge < -0.3 is 0 Å². The third-order valence-electron chi connectivity index (χ3n) is 2.82. The molecule has 19 heavy (non-hydrogen) atoms. The van der Waals surface area contributed by atoms with E-state index >= 15 is 0 Å². The number of Topliss-reactive ketones (excluding diaryl/α,β-unsaturated/α-hetero) is 1. The highest BCUT2D eigenvalue weighted by atomic mass is 16.6. The van der Waals surface area contributed by atoms with Crippen molar-refractivity contribution in [1.82, 2.24) is 9.78 Å². The van der Waals surface area contributed by atoms with Crippen LogP contribution in [0.15, 0.2) is 30.6 Å². The van der Waals surface area contributed by atoms with Gasteiger partial charge in [0.05, 0.1) is 4.92 Å². The maximum atomic E-state index is 12.1. The largest absolute Gasteiger partial charge is 0.307 e. The van der Waals surface area contributed by atoms with Crippen molar-refractivity contribution < 1.29 is 9.72 Å². The number of hydrogen-bond donors (Lipinski definition) is 0. The highest BCUT2D eigenvalue weighted by molar-refractivity contribution is 5.97. The first-order valence-electron chi connectivity index (χ1n) is 5.74. The van der Waals surface area contributed by atoms with Crippen molar-refractivity contribution in [3.05, 3.63) is 57.4 Å². The van der Waals surface area contributed by atoms with E-state index in [4.69, 9.17) is 0 Å². The Morgan fingerprint density at radius 3 is 2.74 bits per heavy atom. The number of nitro groups is 1. The Morgan fingerprint density at radius 2 is 2.16 bits per heavy atom. The van der Waals surface area contributed by atoms with E-state index in [2.05, 4.69) is 5.10 Å². The van der Waals surface area contributed by atoms with Crippen LogP contribution in [-0.4, -0.2) is 20.5 Å². The summed E-state index contributed by atoms with van der Waals surface area (Å²) >= 11 is 0. The number of benzene rings is 1. The Hall–Kier alpha value is -2.50. The lowest BCUT2D eigenvalue weighted by atomic mass is 10.0. The summed E-state index contributed by atoms with van der Waals surface area (Å²) in [7, 11) is 0. The lowest BCUT2D eigenvalue weighted by molar-refractivity contribution is -0.385. The van der Waals surface area contributed by atoms with Gasteiger partial charge in [0.15, 0.2) is 5.78 Å². The summed E-state index contributed by atoms with van der Waals surface area (Å²) in [6.45, 7) is 3.82. The van der Waals surface area contributed by atoms with Gasteiger partial charge in [0.2, 0.25) is 0 Å². The smallest absolute Gasteiger partial charge is 0.292 e. The first-order valence-corrected chi connectivity index (χ1v) is 5.74. The van der Waals surface area contributed by atoms with E-state index in [1.165, 1.54) is 10.9 Å². The van der Waals surface area contributed by atoms with Crippen molar-refractivity contribution >= 4 is 11.5 Å². The third-order valence-corrected chi connectivity index (χ3v) is 2.82. The molecule has 0 amide bonds. The van der Waals surface area contributed by atoms with Gasteiger partial charge in [-0.1, -0.05) is 23.8 Å². The SMILES string of the molecule is Cc1ccc(C(=O)Cn2cc([N+](=O)[O-])cn2)c(C)c1. The fourth-order valence-electron chi connectivity index (χ4n) is 1.89. The number of carbonyl (C=O) groups excluding carboxylic acids is 1. The Morgan fingerprint density at radius 1 is 1.42 bits per heavy atom. The second kappa shape index (κ2) is 5.01. The van der Waals surface area contributed by atoms with Gasteiger partial charge in [0, 0.05) is 5.56 Å². The Balaban J connectivity index is 2.18. The standard InChI is InChI=1S/C13H13N3O3/c1-9-3-4-12(10(2)5-9)13(17)8-15-7-11(6-14-15)16(18)19/h3-7H,8H2,1-2H3. The lowest BCUT2D eigenvalue weighted by Gasteiger charge is -2.05. The van der Waals surface area contributed by atoms with Gasteiger partial charge in [-0.2, -0.15) is 5.10 Å². The van der Waals surface area contributed by atoms with Gasteiger partial charge in [-0.3, -0.25) is 19.6 Å². The molecule has 1 heterocycles. The molecule has 2 rings (SSSR count). The van der Waals surface area contributed by atoms with Gasteiger partial charge in [-0.25, -0.2) is 0 Å². The van der Waals surface area contributed by atoms with Crippen molar-refractivity contribution in [3.63, 3.8) is 0 Å². The van der Waals surface area contributed by atoms with Crippen LogP contribution < -0.4 is 0 Å². The predicted octanol–water partition coefficient (Wildman–Crippen LogP) is 2.29. The predicted molar refractivity (Wildman–Crippen MR) is 69.1 cm³/mol. The van der Waals surface area contributed by atoms with E-state index in [0.29, 0.717) is 5.56 Å². The minimum atomic E-state index is -0.537. The molecule has 2 aromatic rings. The fourth-order valence-corrected chi connectivity index (χ4v) is 1.89. The average molecular weight is 259 g/mol. The summed E-state index contributed by atoms with van der Waals surface area (Å²) in [6, 6.07) is 5.56. The van der Waals surface area contributed by atoms with E-state index in [0.717, 1.165) is 17.3 Å². The molecule has 0 radical (unpaired) electrons. The number of aryl methyl sites for hydroxylation is 2. The van der Waals surface area contributed by atoms with E-state index in [-0.39, 0.29) is 18.0 Å². The van der Waals surface area contributed by atoms with Crippen LogP contribution in [0.2, 0.25) is 0 Å². The lowest BCUT2D eigenvalue weighted by Crippen LogP contribution is -2.12. The van der Waals surface area contributed by atoms with Gasteiger partial charge in [0.1, 0.15) is 18.9 Å². The normalized spacial score (nSPS) is 10.4. The summed E-state index contributed by atoms with van der Waals surface area (Å²) < 4.78 is 1.28. The molecule has 0 aliphatic carbocycles. The molecule has 0 bridgehead atoms. The third kappa shape index (κ3) is 2.85. The van der Waals surface area contributed by atoms with Crippen molar-refractivity contribution in [1.29, 1.82) is 0 Å². The highest BCUT2D eigenvalue weighted by Gasteiger charge is 2.13. The first kappa shape index (κ1) is 12.9. The summed E-state index contributed by atoms with van der Waals surface area (Å²) in [4.78, 5) is 22.1. The molecule has 0 spiro atoms. The van der Waals surface area contributed by atoms with E-state index in [1.807, 2.05) is 26.0 Å². The zero-order valence-electron chi connectivity index (χ0n) is 10.7. The minimum absolute atomic E-state index is 0.00224. The average Bonchev–Trinajstić information content (AvgIpc) is 2.77. The van der Waals surface area contributed by atoms with Crippen molar-refractivity contribution in [2.45, 2.75) is 20.4 Å². The molecule has 0 unspecified atom stereocenters. The highest BCUT2D eigenvalue weighted by Crippen LogP contribution is 2.13. The minimum Gasteiger partial charge on any atom is -0.292 e. The summed E-state index contributed by atoms with van der Waals surface area (Å²) in [6.07, 6.45) is 2.39. The van der Waals surface area contributed by atoms with Crippen LogP contribution in [0.1, 0.15) is 21.5 Å². The zero-order valence-corrected chi connectivity index (χ0v) is 10.7. The molecule has 98 valence electrons. The monoisotopic (exact) mass is 259 g/mol. The second-order valence-electron chi connectivity index (χ2n) is 4.39. The molecular weight excluding hydrogens is 246 g/mol. The number of hydrogen-bond acceptors (Lipinski definition) is 4. The summed E-state index contributed by atoms with van der Waals surface area (Å²) in [5.41, 5.74) is 2.48. The van der Waals surface area contributed by atoms with Crippen LogP contribution in [-0.2, 0) is 6.54 Å². The molecule has 0 aliphatic rings. The maximum Gasteiger partial charge on any atom is 0.307 e. The van der Waals surface area contributed by atoms with Crippen molar-refractivity contribution in [2.24, 2.45) is 0 Å². The summed E-state index contributed by atoms with van der Waals surface area (Å²) in [5.74, 6) is -0.115. The van der Waals surface area contributed by atoms with Gasteiger partial charge in [-0.15, -0.1) is 0 Å². The van der Waals surface area contributed by atoms with Gasteiger partial charge in [-0.05, 0) is 19.4 Å². The second-order valence-corrected chi connectivity index (χ2v) is 4.39. The zero-order chi connectivity index (χ0) is 14.0. The molecule has 0 saturated carbocycles. The Bertz CT molecular complexity index is 646. The Kier molecular flexibility index (Phi) is 3.41. The van der Waals surface area contributed by atoms with Crippen LogP contribution in [0, 0.1) is 24.0 Å². The molecule has 0 saturated heterocycles. The molecule has 1 aromatic heterocycles. The molecule has 6 heteroatoms. The van der Waals surface area contributed by atoms with Crippen molar-refractivity contribution in [2.75, 3.05) is 0 Å². The molecular formula is C13H13N3O3. The first-order chi connectivity index (χ1) is 8.97. The molecule has 6 nitrogen and oxygen atoms in total. The quantitative estimate of drug-likeness (QED) is 0.479. The van der Waals surface area contributed by atoms with Gasteiger partial charge >= 0.3 is 5.69 Å². The number of rotatable bonds is 4.